The van der Waals surface area contributed by atoms with Crippen molar-refractivity contribution in [2.45, 2.75) is 76.3 Å². The summed E-state index contributed by atoms with van der Waals surface area (Å²) in [5, 5.41) is 1.68. The minimum absolute atomic E-state index is 0.0301. The second-order valence-corrected chi connectivity index (χ2v) is 12.2. The Morgan fingerprint density at radius 2 is 2.00 bits per heavy atom. The van der Waals surface area contributed by atoms with Gasteiger partial charge in [0.15, 0.2) is 0 Å². The lowest BCUT2D eigenvalue weighted by molar-refractivity contribution is -0.134. The molecule has 10 heteroatoms. The van der Waals surface area contributed by atoms with Crippen LogP contribution in [0, 0.1) is 5.92 Å². The Balaban J connectivity index is 2.00. The first-order valence-corrected chi connectivity index (χ1v) is 13.0. The first-order chi connectivity index (χ1) is 14.3. The predicted molar refractivity (Wildman–Crippen MR) is 121 cm³/mol. The summed E-state index contributed by atoms with van der Waals surface area (Å²) in [4.78, 5) is 28.9. The molecule has 0 aliphatic carbocycles. The van der Waals surface area contributed by atoms with Gasteiger partial charge in [0, 0.05) is 25.7 Å². The maximum absolute atomic E-state index is 12.9. The number of carbonyl (C=O) groups excluding carboxylic acids is 2. The third-order valence-electron chi connectivity index (χ3n) is 5.00. The smallest absolute Gasteiger partial charge is 0.410 e. The van der Waals surface area contributed by atoms with Crippen molar-refractivity contribution in [1.29, 1.82) is 0 Å². The van der Waals surface area contributed by atoms with Crippen LogP contribution in [0.4, 0.5) is 4.79 Å². The van der Waals surface area contributed by atoms with Crippen molar-refractivity contribution >= 4 is 33.4 Å². The van der Waals surface area contributed by atoms with Crippen LogP contribution in [0.15, 0.2) is 21.7 Å². The zero-order valence-corrected chi connectivity index (χ0v) is 20.9. The third-order valence-corrected chi connectivity index (χ3v) is 7.94. The van der Waals surface area contributed by atoms with Crippen LogP contribution in [0.3, 0.4) is 0 Å². The molecule has 2 rings (SSSR count). The molecule has 2 heterocycles. The van der Waals surface area contributed by atoms with Crippen molar-refractivity contribution < 1.29 is 22.7 Å². The van der Waals surface area contributed by atoms with Gasteiger partial charge in [-0.15, -0.1) is 11.3 Å². The molecule has 1 N–H and O–H groups in total. The number of hydrogen-bond donors (Lipinski definition) is 1. The summed E-state index contributed by atoms with van der Waals surface area (Å²) in [5.74, 6) is -0.146. The number of carbonyl (C=O) groups is 2. The highest BCUT2D eigenvalue weighted by Crippen LogP contribution is 2.22. The molecule has 8 nitrogen and oxygen atoms in total. The highest BCUT2D eigenvalue weighted by atomic mass is 32.2. The van der Waals surface area contributed by atoms with E-state index in [9.17, 15) is 18.0 Å². The number of piperidine rings is 1. The molecule has 31 heavy (non-hydrogen) atoms. The van der Waals surface area contributed by atoms with E-state index in [4.69, 9.17) is 4.74 Å². The van der Waals surface area contributed by atoms with E-state index in [0.29, 0.717) is 19.6 Å². The van der Waals surface area contributed by atoms with Gasteiger partial charge in [-0.2, -0.15) is 4.72 Å². The summed E-state index contributed by atoms with van der Waals surface area (Å²) >= 11 is 1.11. The highest BCUT2D eigenvalue weighted by molar-refractivity contribution is 7.91. The SMILES string of the molecule is CC(NS(=O)(=O)c1cccs1)C(=O)N1CCCC(CN(C(=O)OC(C)(C)C)C(C)C)C1. The van der Waals surface area contributed by atoms with Crippen LogP contribution < -0.4 is 4.72 Å². The molecule has 0 radical (unpaired) electrons. The minimum atomic E-state index is -3.72. The predicted octanol–water partition coefficient (Wildman–Crippen LogP) is 3.30. The highest BCUT2D eigenvalue weighted by Gasteiger charge is 2.32. The summed E-state index contributed by atoms with van der Waals surface area (Å²) in [5.41, 5.74) is -0.575. The van der Waals surface area contributed by atoms with Gasteiger partial charge in [-0.25, -0.2) is 13.2 Å². The fourth-order valence-electron chi connectivity index (χ4n) is 3.54. The first kappa shape index (κ1) is 25.6. The number of nitrogens with one attached hydrogen (secondary N) is 1. The van der Waals surface area contributed by atoms with E-state index in [2.05, 4.69) is 4.72 Å². The van der Waals surface area contributed by atoms with E-state index in [-0.39, 0.29) is 28.2 Å². The number of likely N-dealkylation sites (tertiary alicyclic amines) is 1. The fourth-order valence-corrected chi connectivity index (χ4v) is 5.75. The molecule has 2 amide bonds. The van der Waals surface area contributed by atoms with Crippen LogP contribution >= 0.6 is 11.3 Å². The van der Waals surface area contributed by atoms with Gasteiger partial charge in [0.25, 0.3) is 10.0 Å². The van der Waals surface area contributed by atoms with Gasteiger partial charge in [-0.1, -0.05) is 6.07 Å². The molecule has 1 saturated heterocycles. The molecule has 2 unspecified atom stereocenters. The molecule has 1 aromatic rings. The summed E-state index contributed by atoms with van der Waals surface area (Å²) in [6, 6.07) is 2.28. The zero-order valence-electron chi connectivity index (χ0n) is 19.3. The standard InChI is InChI=1S/C21H35N3O5S2/c1-15(2)24(20(26)29-21(4,5)6)14-17-9-7-11-23(13-17)19(25)16(3)22-31(27,28)18-10-8-12-30-18/h8,10,12,15-17,22H,7,9,11,13-14H2,1-6H3. The Labute approximate surface area is 190 Å². The molecule has 1 aliphatic rings. The van der Waals surface area contributed by atoms with Gasteiger partial charge in [-0.05, 0) is 71.7 Å². The van der Waals surface area contributed by atoms with Gasteiger partial charge in [0.05, 0.1) is 6.04 Å². The summed E-state index contributed by atoms with van der Waals surface area (Å²) in [6.45, 7) is 12.5. The Morgan fingerprint density at radius 1 is 1.32 bits per heavy atom. The average molecular weight is 474 g/mol. The number of ether oxygens (including phenoxy) is 1. The molecule has 1 aliphatic heterocycles. The third kappa shape index (κ3) is 7.47. The van der Waals surface area contributed by atoms with Crippen LogP contribution in [-0.4, -0.2) is 67.5 Å². The lowest BCUT2D eigenvalue weighted by Crippen LogP contribution is -2.52. The molecule has 0 spiro atoms. The topological polar surface area (TPSA) is 96.0 Å². The number of nitrogens with zero attached hydrogens (tertiary/aromatic N) is 2. The molecule has 0 aromatic carbocycles. The minimum Gasteiger partial charge on any atom is -0.444 e. The van der Waals surface area contributed by atoms with Crippen molar-refractivity contribution in [2.24, 2.45) is 5.92 Å². The van der Waals surface area contributed by atoms with Crippen LogP contribution in [0.2, 0.25) is 0 Å². The lowest BCUT2D eigenvalue weighted by atomic mass is 9.96. The van der Waals surface area contributed by atoms with Crippen LogP contribution in [-0.2, 0) is 19.6 Å². The van der Waals surface area contributed by atoms with Gasteiger partial charge in [-0.3, -0.25) is 4.79 Å². The van der Waals surface area contributed by atoms with Gasteiger partial charge in [0.1, 0.15) is 9.81 Å². The van der Waals surface area contributed by atoms with E-state index in [1.165, 1.54) is 6.07 Å². The van der Waals surface area contributed by atoms with E-state index in [1.807, 2.05) is 34.6 Å². The molecule has 0 saturated carbocycles. The van der Waals surface area contributed by atoms with E-state index >= 15 is 0 Å². The summed E-state index contributed by atoms with van der Waals surface area (Å²) < 4.78 is 33.1. The van der Waals surface area contributed by atoms with E-state index in [1.54, 1.807) is 28.2 Å². The second-order valence-electron chi connectivity index (χ2n) is 9.29. The number of amides is 2. The normalized spacial score (nSPS) is 18.7. The fraction of sp³-hybridized carbons (Fsp3) is 0.714. The monoisotopic (exact) mass is 473 g/mol. The zero-order chi connectivity index (χ0) is 23.4. The first-order valence-electron chi connectivity index (χ1n) is 10.6. The van der Waals surface area contributed by atoms with Crippen molar-refractivity contribution in [3.63, 3.8) is 0 Å². The quantitative estimate of drug-likeness (QED) is 0.655. The Kier molecular flexibility index (Phi) is 8.52. The summed E-state index contributed by atoms with van der Waals surface area (Å²) in [6.07, 6.45) is 1.34. The molecule has 0 bridgehead atoms. The number of rotatable bonds is 7. The van der Waals surface area contributed by atoms with E-state index < -0.39 is 21.7 Å². The van der Waals surface area contributed by atoms with Crippen molar-refractivity contribution in [3.05, 3.63) is 17.5 Å². The van der Waals surface area contributed by atoms with Gasteiger partial charge < -0.3 is 14.5 Å². The maximum atomic E-state index is 12.9. The van der Waals surface area contributed by atoms with E-state index in [0.717, 1.165) is 24.2 Å². The molecular weight excluding hydrogens is 438 g/mol. The van der Waals surface area contributed by atoms with Crippen LogP contribution in [0.5, 0.6) is 0 Å². The van der Waals surface area contributed by atoms with Crippen LogP contribution in [0.1, 0.15) is 54.4 Å². The molecule has 1 fully saturated rings. The molecule has 2 atom stereocenters. The number of sulfonamides is 1. The molecule has 176 valence electrons. The van der Waals surface area contributed by atoms with Crippen molar-refractivity contribution in [2.75, 3.05) is 19.6 Å². The number of hydrogen-bond acceptors (Lipinski definition) is 6. The lowest BCUT2D eigenvalue weighted by Gasteiger charge is -2.38. The Morgan fingerprint density at radius 3 is 2.55 bits per heavy atom. The Bertz CT molecular complexity index is 847. The average Bonchev–Trinajstić information content (AvgIpc) is 3.19. The number of thiophene rings is 1. The largest absolute Gasteiger partial charge is 0.444 e. The maximum Gasteiger partial charge on any atom is 0.410 e. The molecule has 1 aromatic heterocycles. The molecular formula is C21H35N3O5S2. The van der Waals surface area contributed by atoms with Crippen LogP contribution in [0.25, 0.3) is 0 Å². The van der Waals surface area contributed by atoms with Crippen molar-refractivity contribution in [1.82, 2.24) is 14.5 Å². The van der Waals surface area contributed by atoms with Crippen molar-refractivity contribution in [3.8, 4) is 0 Å². The second kappa shape index (κ2) is 10.3. The van der Waals surface area contributed by atoms with Gasteiger partial charge >= 0.3 is 6.09 Å². The Hall–Kier alpha value is -1.65. The summed E-state index contributed by atoms with van der Waals surface area (Å²) in [7, 11) is -3.72. The van der Waals surface area contributed by atoms with Gasteiger partial charge in [0.2, 0.25) is 5.91 Å².